The number of aliphatic hydroxyl groups excluding tert-OH is 1. The van der Waals surface area contributed by atoms with Crippen molar-refractivity contribution in [2.45, 2.75) is 24.7 Å². The van der Waals surface area contributed by atoms with E-state index in [2.05, 4.69) is 21.5 Å². The van der Waals surface area contributed by atoms with E-state index in [1.165, 1.54) is 36.4 Å². The molecule has 1 amide bonds. The number of rotatable bonds is 21. The van der Waals surface area contributed by atoms with Gasteiger partial charge in [-0.1, -0.05) is 36.3 Å². The molecule has 0 fully saturated rings. The first-order chi connectivity index (χ1) is 23.7. The van der Waals surface area contributed by atoms with Crippen molar-refractivity contribution in [1.82, 2.24) is 5.32 Å². The molecule has 14 heteroatoms. The summed E-state index contributed by atoms with van der Waals surface area (Å²) < 4.78 is 66.2. The average molecular weight is 686 g/mol. The highest BCUT2D eigenvalue weighted by Gasteiger charge is 2.44. The number of esters is 1. The SMILES string of the molecule is C#CCOCCOCCOCCOCCOC(=O)c1ccc(N=Nc2ccc(C(=O)NC(Cc3ccccc3)C(O)C(F)(F)F)cc2)cc1. The molecule has 3 aromatic rings. The lowest BCUT2D eigenvalue weighted by atomic mass is 10.00. The molecule has 0 saturated carbocycles. The summed E-state index contributed by atoms with van der Waals surface area (Å²) in [5.41, 5.74) is 1.72. The van der Waals surface area contributed by atoms with Gasteiger partial charge in [-0.3, -0.25) is 4.79 Å². The Labute approximate surface area is 282 Å². The number of carbonyl (C=O) groups excluding carboxylic acids is 2. The smallest absolute Gasteiger partial charge is 0.416 e. The van der Waals surface area contributed by atoms with Crippen molar-refractivity contribution < 1.29 is 51.6 Å². The van der Waals surface area contributed by atoms with E-state index in [4.69, 9.17) is 30.1 Å². The number of halogens is 3. The lowest BCUT2D eigenvalue weighted by Crippen LogP contribution is -2.51. The highest BCUT2D eigenvalue weighted by Crippen LogP contribution is 2.25. The molecular weight excluding hydrogens is 647 g/mol. The summed E-state index contributed by atoms with van der Waals surface area (Å²) in [7, 11) is 0. The molecule has 11 nitrogen and oxygen atoms in total. The van der Waals surface area contributed by atoms with Crippen LogP contribution in [0.1, 0.15) is 26.3 Å². The first-order valence-electron chi connectivity index (χ1n) is 15.3. The van der Waals surface area contributed by atoms with E-state index in [9.17, 15) is 27.9 Å². The monoisotopic (exact) mass is 685 g/mol. The van der Waals surface area contributed by atoms with Crippen LogP contribution in [0.5, 0.6) is 0 Å². The van der Waals surface area contributed by atoms with Crippen molar-refractivity contribution in [1.29, 1.82) is 0 Å². The van der Waals surface area contributed by atoms with Gasteiger partial charge in [0.15, 0.2) is 6.10 Å². The summed E-state index contributed by atoms with van der Waals surface area (Å²) in [6.07, 6.45) is -2.82. The van der Waals surface area contributed by atoms with E-state index in [0.717, 1.165) is 0 Å². The number of nitrogens with one attached hydrogen (secondary N) is 1. The third kappa shape index (κ3) is 15.0. The third-order valence-electron chi connectivity index (χ3n) is 6.61. The van der Waals surface area contributed by atoms with Crippen LogP contribution in [0.25, 0.3) is 0 Å². The number of alkyl halides is 3. The molecule has 0 aliphatic carbocycles. The topological polar surface area (TPSA) is 137 Å². The molecule has 0 radical (unpaired) electrons. The Morgan fingerprint density at radius 3 is 1.73 bits per heavy atom. The minimum absolute atomic E-state index is 0.0612. The van der Waals surface area contributed by atoms with Crippen molar-refractivity contribution in [3.8, 4) is 12.3 Å². The van der Waals surface area contributed by atoms with Crippen LogP contribution >= 0.6 is 0 Å². The Morgan fingerprint density at radius 1 is 0.735 bits per heavy atom. The van der Waals surface area contributed by atoms with Crippen LogP contribution < -0.4 is 5.32 Å². The molecule has 262 valence electrons. The van der Waals surface area contributed by atoms with Crippen LogP contribution in [0.4, 0.5) is 24.5 Å². The first kappa shape index (κ1) is 38.8. The van der Waals surface area contributed by atoms with E-state index in [0.29, 0.717) is 62.1 Å². The maximum Gasteiger partial charge on any atom is 0.416 e. The van der Waals surface area contributed by atoms with Crippen LogP contribution in [-0.2, 0) is 30.1 Å². The second-order valence-electron chi connectivity index (χ2n) is 10.3. The largest absolute Gasteiger partial charge is 0.460 e. The van der Waals surface area contributed by atoms with Gasteiger partial charge in [-0.2, -0.15) is 23.4 Å². The summed E-state index contributed by atoms with van der Waals surface area (Å²) in [6.45, 7) is 2.92. The lowest BCUT2D eigenvalue weighted by Gasteiger charge is -2.26. The quantitative estimate of drug-likeness (QED) is 0.0674. The summed E-state index contributed by atoms with van der Waals surface area (Å²) in [5.74, 6) is 1.05. The van der Waals surface area contributed by atoms with Gasteiger partial charge in [0, 0.05) is 5.56 Å². The fraction of sp³-hybridized carbons (Fsp3) is 0.371. The number of azo groups is 1. The van der Waals surface area contributed by atoms with Gasteiger partial charge in [-0.25, -0.2) is 4.79 Å². The molecule has 49 heavy (non-hydrogen) atoms. The molecular formula is C35H38F3N3O8. The zero-order valence-electron chi connectivity index (χ0n) is 26.6. The summed E-state index contributed by atoms with van der Waals surface area (Å²) in [4.78, 5) is 25.0. The zero-order valence-corrected chi connectivity index (χ0v) is 26.6. The van der Waals surface area contributed by atoms with Gasteiger partial charge in [0.05, 0.1) is 69.2 Å². The third-order valence-corrected chi connectivity index (χ3v) is 6.61. The van der Waals surface area contributed by atoms with E-state index >= 15 is 0 Å². The van der Waals surface area contributed by atoms with Gasteiger partial charge in [0.1, 0.15) is 13.2 Å². The second kappa shape index (κ2) is 21.3. The fourth-order valence-electron chi connectivity index (χ4n) is 4.12. The summed E-state index contributed by atoms with van der Waals surface area (Å²) in [5, 5.41) is 20.4. The molecule has 0 aromatic heterocycles. The fourth-order valence-corrected chi connectivity index (χ4v) is 4.12. The van der Waals surface area contributed by atoms with Crippen molar-refractivity contribution in [3.05, 3.63) is 95.6 Å². The molecule has 2 N–H and O–H groups in total. The van der Waals surface area contributed by atoms with E-state index < -0.39 is 30.2 Å². The summed E-state index contributed by atoms with van der Waals surface area (Å²) >= 11 is 0. The maximum absolute atomic E-state index is 13.3. The Hall–Kier alpha value is -4.65. The number of benzene rings is 3. The van der Waals surface area contributed by atoms with Crippen molar-refractivity contribution in [3.63, 3.8) is 0 Å². The Morgan fingerprint density at radius 2 is 1.22 bits per heavy atom. The van der Waals surface area contributed by atoms with E-state index in [1.807, 2.05) is 0 Å². The van der Waals surface area contributed by atoms with Crippen LogP contribution in [0.15, 0.2) is 89.1 Å². The van der Waals surface area contributed by atoms with Crippen LogP contribution in [0, 0.1) is 12.3 Å². The molecule has 0 aliphatic rings. The molecule has 2 atom stereocenters. The van der Waals surface area contributed by atoms with Crippen LogP contribution in [0.3, 0.4) is 0 Å². The molecule has 0 saturated heterocycles. The highest BCUT2D eigenvalue weighted by molar-refractivity contribution is 5.94. The van der Waals surface area contributed by atoms with Gasteiger partial charge < -0.3 is 34.1 Å². The normalized spacial score (nSPS) is 12.7. The molecule has 0 aliphatic heterocycles. The molecule has 0 spiro atoms. The number of carbonyl (C=O) groups is 2. The molecule has 0 heterocycles. The molecule has 3 aromatic carbocycles. The van der Waals surface area contributed by atoms with Crippen molar-refractivity contribution in [2.75, 3.05) is 59.5 Å². The number of hydrogen-bond donors (Lipinski definition) is 2. The summed E-state index contributed by atoms with van der Waals surface area (Å²) in [6, 6.07) is 18.6. The van der Waals surface area contributed by atoms with Crippen molar-refractivity contribution in [2.24, 2.45) is 10.2 Å². The number of ether oxygens (including phenoxy) is 5. The minimum atomic E-state index is -4.92. The maximum atomic E-state index is 13.3. The van der Waals surface area contributed by atoms with Gasteiger partial charge in [-0.15, -0.1) is 6.42 Å². The highest BCUT2D eigenvalue weighted by atomic mass is 19.4. The molecule has 2 unspecified atom stereocenters. The van der Waals surface area contributed by atoms with Crippen molar-refractivity contribution >= 4 is 23.3 Å². The Bertz CT molecular complexity index is 1480. The van der Waals surface area contributed by atoms with Crippen LogP contribution in [-0.4, -0.2) is 94.8 Å². The van der Waals surface area contributed by atoms with Gasteiger partial charge in [-0.05, 0) is 60.5 Å². The Balaban J connectivity index is 1.37. The predicted molar refractivity (Wildman–Crippen MR) is 173 cm³/mol. The number of terminal acetylenes is 1. The number of hydrogen-bond acceptors (Lipinski definition) is 10. The predicted octanol–water partition coefficient (Wildman–Crippen LogP) is 5.22. The standard InChI is InChI=1S/C35H38F3N3O8/c1-2-16-45-17-18-46-19-20-47-21-22-48-23-24-49-34(44)28-10-14-30(15-11-28)41-40-29-12-8-27(9-13-29)33(43)39-31(32(42)35(36,37)38)25-26-6-4-3-5-7-26/h1,3-15,31-32,42H,16-25H2,(H,39,43). The zero-order chi connectivity index (χ0) is 35.3. The van der Waals surface area contributed by atoms with Gasteiger partial charge in [0.25, 0.3) is 5.91 Å². The molecule has 3 rings (SSSR count). The molecule has 0 bridgehead atoms. The van der Waals surface area contributed by atoms with Gasteiger partial charge >= 0.3 is 12.1 Å². The lowest BCUT2D eigenvalue weighted by molar-refractivity contribution is -0.211. The van der Waals surface area contributed by atoms with Gasteiger partial charge in [0.2, 0.25) is 0 Å². The average Bonchev–Trinajstić information content (AvgIpc) is 3.10. The Kier molecular flexibility index (Phi) is 16.9. The van der Waals surface area contributed by atoms with Crippen LogP contribution in [0.2, 0.25) is 0 Å². The first-order valence-corrected chi connectivity index (χ1v) is 15.3. The number of amides is 1. The minimum Gasteiger partial charge on any atom is -0.460 e. The number of aliphatic hydroxyl groups is 1. The van der Waals surface area contributed by atoms with E-state index in [1.54, 1.807) is 42.5 Å². The number of nitrogens with zero attached hydrogens (tertiary/aromatic N) is 2. The second-order valence-corrected chi connectivity index (χ2v) is 10.3. The van der Waals surface area contributed by atoms with E-state index in [-0.39, 0.29) is 31.8 Å².